The number of carbonyl (C=O) groups excluding carboxylic acids is 1. The molecule has 0 radical (unpaired) electrons. The standard InChI is InChI=1S/C30H27ClN2O6S/c1-5-37-24-15-19(9-13-23(24)36-4)27-26(29(35)38-6-2)17(3)32-30-33(27)28(34)25(40-30)16-21-12-14-22(39-21)18-7-10-20(31)11-8-18/h7-16,27H,5-6H2,1-4H3. The second kappa shape index (κ2) is 11.6. The van der Waals surface area contributed by atoms with Gasteiger partial charge in [-0.2, -0.15) is 0 Å². The molecule has 5 rings (SSSR count). The summed E-state index contributed by atoms with van der Waals surface area (Å²) >= 11 is 7.23. The van der Waals surface area contributed by atoms with E-state index in [0.717, 1.165) is 5.56 Å². The molecule has 0 amide bonds. The van der Waals surface area contributed by atoms with Crippen molar-refractivity contribution in [2.24, 2.45) is 4.99 Å². The molecule has 0 bridgehead atoms. The molecule has 0 fully saturated rings. The predicted molar refractivity (Wildman–Crippen MR) is 154 cm³/mol. The topological polar surface area (TPSA) is 92.3 Å². The van der Waals surface area contributed by atoms with Gasteiger partial charge in [-0.15, -0.1) is 0 Å². The largest absolute Gasteiger partial charge is 0.493 e. The first-order chi connectivity index (χ1) is 19.3. The molecular weight excluding hydrogens is 552 g/mol. The summed E-state index contributed by atoms with van der Waals surface area (Å²) < 4.78 is 24.6. The highest BCUT2D eigenvalue weighted by Crippen LogP contribution is 2.36. The number of hydrogen-bond acceptors (Lipinski definition) is 8. The number of rotatable bonds is 8. The minimum absolute atomic E-state index is 0.189. The molecule has 40 heavy (non-hydrogen) atoms. The van der Waals surface area contributed by atoms with Crippen molar-refractivity contribution in [3.05, 3.63) is 102 Å². The Morgan fingerprint density at radius 1 is 1.10 bits per heavy atom. The Balaban J connectivity index is 1.65. The van der Waals surface area contributed by atoms with Crippen LogP contribution in [0.1, 0.15) is 38.1 Å². The lowest BCUT2D eigenvalue weighted by Gasteiger charge is -2.25. The number of benzene rings is 2. The second-order valence-corrected chi connectivity index (χ2v) is 10.3. The van der Waals surface area contributed by atoms with Crippen LogP contribution in [0.15, 0.2) is 80.1 Å². The molecule has 2 aromatic heterocycles. The van der Waals surface area contributed by atoms with Crippen LogP contribution in [0.25, 0.3) is 17.4 Å². The van der Waals surface area contributed by atoms with Gasteiger partial charge in [0.1, 0.15) is 11.5 Å². The number of thiazole rings is 1. The first-order valence-corrected chi connectivity index (χ1v) is 13.9. The number of methoxy groups -OCH3 is 1. The average molecular weight is 579 g/mol. The number of nitrogens with zero attached hydrogens (tertiary/aromatic N) is 2. The van der Waals surface area contributed by atoms with E-state index >= 15 is 0 Å². The highest BCUT2D eigenvalue weighted by molar-refractivity contribution is 7.07. The Morgan fingerprint density at radius 3 is 2.58 bits per heavy atom. The molecule has 8 nitrogen and oxygen atoms in total. The number of carbonyl (C=O) groups is 1. The number of halogens is 1. The number of esters is 1. The number of fused-ring (bicyclic) bond motifs is 1. The molecule has 0 saturated heterocycles. The normalized spacial score (nSPS) is 15.0. The highest BCUT2D eigenvalue weighted by atomic mass is 35.5. The third-order valence-corrected chi connectivity index (χ3v) is 7.58. The van der Waals surface area contributed by atoms with Crippen LogP contribution in [-0.4, -0.2) is 30.9 Å². The van der Waals surface area contributed by atoms with E-state index in [1.807, 2.05) is 31.2 Å². The molecular formula is C30H27ClN2O6S. The zero-order valence-corrected chi connectivity index (χ0v) is 24.0. The van der Waals surface area contributed by atoms with Gasteiger partial charge in [-0.1, -0.05) is 29.0 Å². The Bertz CT molecular complexity index is 1780. The smallest absolute Gasteiger partial charge is 0.338 e. The van der Waals surface area contributed by atoms with Gasteiger partial charge in [-0.05, 0) is 74.9 Å². The van der Waals surface area contributed by atoms with Gasteiger partial charge >= 0.3 is 5.97 Å². The van der Waals surface area contributed by atoms with E-state index in [9.17, 15) is 9.59 Å². The Labute approximate surface area is 239 Å². The fourth-order valence-electron chi connectivity index (χ4n) is 4.57. The molecule has 1 atom stereocenters. The van der Waals surface area contributed by atoms with E-state index in [0.29, 0.717) is 55.2 Å². The van der Waals surface area contributed by atoms with Crippen molar-refractivity contribution in [2.75, 3.05) is 20.3 Å². The molecule has 0 saturated carbocycles. The summed E-state index contributed by atoms with van der Waals surface area (Å²) in [5.74, 6) is 1.68. The molecule has 2 aromatic carbocycles. The summed E-state index contributed by atoms with van der Waals surface area (Å²) in [4.78, 5) is 32.1. The van der Waals surface area contributed by atoms with E-state index in [-0.39, 0.29) is 17.7 Å². The van der Waals surface area contributed by atoms with Crippen molar-refractivity contribution >= 4 is 35.0 Å². The van der Waals surface area contributed by atoms with Crippen molar-refractivity contribution in [1.82, 2.24) is 4.57 Å². The molecule has 1 aliphatic rings. The van der Waals surface area contributed by atoms with Crippen LogP contribution in [0.3, 0.4) is 0 Å². The Hall–Kier alpha value is -4.08. The third-order valence-electron chi connectivity index (χ3n) is 6.35. The summed E-state index contributed by atoms with van der Waals surface area (Å²) in [6.07, 6.45) is 1.68. The van der Waals surface area contributed by atoms with Gasteiger partial charge in [0.25, 0.3) is 5.56 Å². The van der Waals surface area contributed by atoms with Crippen molar-refractivity contribution in [3.8, 4) is 22.8 Å². The maximum absolute atomic E-state index is 13.9. The maximum Gasteiger partial charge on any atom is 0.338 e. The van der Waals surface area contributed by atoms with Gasteiger partial charge in [-0.25, -0.2) is 9.79 Å². The van der Waals surface area contributed by atoms with E-state index in [4.69, 9.17) is 30.2 Å². The van der Waals surface area contributed by atoms with Crippen LogP contribution in [0.4, 0.5) is 0 Å². The monoisotopic (exact) mass is 578 g/mol. The first-order valence-electron chi connectivity index (χ1n) is 12.7. The molecule has 1 unspecified atom stereocenters. The van der Waals surface area contributed by atoms with E-state index in [1.165, 1.54) is 15.9 Å². The van der Waals surface area contributed by atoms with Crippen LogP contribution < -0.4 is 24.4 Å². The maximum atomic E-state index is 13.9. The Kier molecular flexibility index (Phi) is 7.95. The lowest BCUT2D eigenvalue weighted by Crippen LogP contribution is -2.39. The van der Waals surface area contributed by atoms with Gasteiger partial charge in [-0.3, -0.25) is 9.36 Å². The van der Waals surface area contributed by atoms with Crippen LogP contribution in [0.2, 0.25) is 5.02 Å². The average Bonchev–Trinajstić information content (AvgIpc) is 3.53. The van der Waals surface area contributed by atoms with Gasteiger partial charge < -0.3 is 18.6 Å². The van der Waals surface area contributed by atoms with E-state index in [1.54, 1.807) is 57.4 Å². The second-order valence-electron chi connectivity index (χ2n) is 8.85. The predicted octanol–water partition coefficient (Wildman–Crippen LogP) is 5.12. The summed E-state index contributed by atoms with van der Waals surface area (Å²) in [6, 6.07) is 15.5. The van der Waals surface area contributed by atoms with Crippen molar-refractivity contribution in [1.29, 1.82) is 0 Å². The van der Waals surface area contributed by atoms with Gasteiger partial charge in [0.2, 0.25) is 0 Å². The van der Waals surface area contributed by atoms with Crippen molar-refractivity contribution < 1.29 is 23.4 Å². The minimum atomic E-state index is -0.774. The Morgan fingerprint density at radius 2 is 1.88 bits per heavy atom. The fraction of sp³-hybridized carbons (Fsp3) is 0.233. The fourth-order valence-corrected chi connectivity index (χ4v) is 5.72. The van der Waals surface area contributed by atoms with Crippen LogP contribution in [0.5, 0.6) is 11.5 Å². The molecule has 0 N–H and O–H groups in total. The minimum Gasteiger partial charge on any atom is -0.493 e. The number of allylic oxidation sites excluding steroid dienone is 1. The molecule has 4 aromatic rings. The SMILES string of the molecule is CCOC(=O)C1=C(C)N=c2sc(=Cc3ccc(-c4ccc(Cl)cc4)o3)c(=O)n2C1c1ccc(OC)c(OCC)c1. The number of furan rings is 1. The molecule has 206 valence electrons. The van der Waals surface area contributed by atoms with Gasteiger partial charge in [0.15, 0.2) is 16.3 Å². The van der Waals surface area contributed by atoms with E-state index < -0.39 is 12.0 Å². The molecule has 1 aliphatic heterocycles. The lowest BCUT2D eigenvalue weighted by molar-refractivity contribution is -0.139. The zero-order valence-electron chi connectivity index (χ0n) is 22.4. The van der Waals surface area contributed by atoms with Crippen LogP contribution >= 0.6 is 22.9 Å². The first kappa shape index (κ1) is 27.5. The number of hydrogen-bond donors (Lipinski definition) is 0. The lowest BCUT2D eigenvalue weighted by atomic mass is 9.95. The van der Waals surface area contributed by atoms with Gasteiger partial charge in [0, 0.05) is 16.7 Å². The van der Waals surface area contributed by atoms with Gasteiger partial charge in [0.05, 0.1) is 42.2 Å². The third kappa shape index (κ3) is 5.22. The number of ether oxygens (including phenoxy) is 3. The van der Waals surface area contributed by atoms with Crippen molar-refractivity contribution in [3.63, 3.8) is 0 Å². The summed E-state index contributed by atoms with van der Waals surface area (Å²) in [7, 11) is 1.56. The van der Waals surface area contributed by atoms with Crippen LogP contribution in [-0.2, 0) is 9.53 Å². The molecule has 3 heterocycles. The highest BCUT2D eigenvalue weighted by Gasteiger charge is 2.34. The molecule has 0 spiro atoms. The van der Waals surface area contributed by atoms with E-state index in [2.05, 4.69) is 4.99 Å². The van der Waals surface area contributed by atoms with Crippen molar-refractivity contribution in [2.45, 2.75) is 26.8 Å². The zero-order chi connectivity index (χ0) is 28.4. The number of aromatic nitrogens is 1. The van der Waals surface area contributed by atoms with Crippen LogP contribution in [0, 0.1) is 0 Å². The quantitative estimate of drug-likeness (QED) is 0.270. The summed E-state index contributed by atoms with van der Waals surface area (Å²) in [6.45, 7) is 5.96. The molecule has 10 heteroatoms. The summed E-state index contributed by atoms with van der Waals surface area (Å²) in [5.41, 5.74) is 1.99. The molecule has 0 aliphatic carbocycles. The summed E-state index contributed by atoms with van der Waals surface area (Å²) in [5, 5.41) is 0.633.